The predicted octanol–water partition coefficient (Wildman–Crippen LogP) is 2.62. The first kappa shape index (κ1) is 13.4. The Hall–Kier alpha value is -1.62. The van der Waals surface area contributed by atoms with Gasteiger partial charge in [-0.25, -0.2) is 0 Å². The first-order valence-corrected chi connectivity index (χ1v) is 7.47. The van der Waals surface area contributed by atoms with Crippen molar-refractivity contribution in [1.29, 1.82) is 0 Å². The van der Waals surface area contributed by atoms with E-state index in [0.717, 1.165) is 24.3 Å². The molecule has 0 aromatic heterocycles. The second-order valence-electron chi connectivity index (χ2n) is 5.37. The van der Waals surface area contributed by atoms with Crippen LogP contribution in [-0.2, 0) is 4.79 Å². The summed E-state index contributed by atoms with van der Waals surface area (Å²) in [4.78, 5) is 13.7. The Labute approximate surface area is 124 Å². The summed E-state index contributed by atoms with van der Waals surface area (Å²) < 4.78 is 5.97. The molecule has 2 aliphatic rings. The normalized spacial score (nSPS) is 23.2. The molecule has 0 bridgehead atoms. The standard InChI is InChI=1S/C15H18N2O2S/c1-10-14(18)17(15(20)16-10)11-5-4-8-13(9-11)19-12-6-2-3-7-12/h4-5,8-10,12H,2-3,6-7H2,1H3,(H,16,20)/t10-/m0/s1. The summed E-state index contributed by atoms with van der Waals surface area (Å²) in [6.45, 7) is 1.81. The van der Waals surface area contributed by atoms with Crippen LogP contribution >= 0.6 is 12.2 Å². The minimum atomic E-state index is -0.262. The fraction of sp³-hybridized carbons (Fsp3) is 0.467. The molecular formula is C15H18N2O2S. The van der Waals surface area contributed by atoms with Crippen LogP contribution in [-0.4, -0.2) is 23.2 Å². The van der Waals surface area contributed by atoms with E-state index in [0.29, 0.717) is 11.2 Å². The molecule has 1 saturated heterocycles. The Bertz CT molecular complexity index is 540. The molecule has 1 aromatic carbocycles. The maximum Gasteiger partial charge on any atom is 0.255 e. The van der Waals surface area contributed by atoms with Crippen molar-refractivity contribution in [3.63, 3.8) is 0 Å². The summed E-state index contributed by atoms with van der Waals surface area (Å²) in [5.74, 6) is 0.789. The Morgan fingerprint density at radius 3 is 2.75 bits per heavy atom. The summed E-state index contributed by atoms with van der Waals surface area (Å²) in [6.07, 6.45) is 5.01. The molecule has 4 nitrogen and oxygen atoms in total. The van der Waals surface area contributed by atoms with Gasteiger partial charge in [0.2, 0.25) is 0 Å². The van der Waals surface area contributed by atoms with E-state index in [4.69, 9.17) is 17.0 Å². The number of hydrogen-bond acceptors (Lipinski definition) is 3. The van der Waals surface area contributed by atoms with E-state index in [2.05, 4.69) is 5.32 Å². The number of amides is 1. The number of rotatable bonds is 3. The minimum absolute atomic E-state index is 0.0204. The van der Waals surface area contributed by atoms with Crippen molar-refractivity contribution >= 4 is 28.9 Å². The number of nitrogens with one attached hydrogen (secondary N) is 1. The van der Waals surface area contributed by atoms with Crippen molar-refractivity contribution in [3.8, 4) is 5.75 Å². The molecule has 20 heavy (non-hydrogen) atoms. The van der Waals surface area contributed by atoms with E-state index in [1.54, 1.807) is 4.90 Å². The van der Waals surface area contributed by atoms with Crippen LogP contribution in [0.15, 0.2) is 24.3 Å². The molecule has 106 valence electrons. The highest BCUT2D eigenvalue weighted by molar-refractivity contribution is 7.80. The molecule has 1 atom stereocenters. The van der Waals surface area contributed by atoms with Crippen LogP contribution in [0.25, 0.3) is 0 Å². The van der Waals surface area contributed by atoms with Crippen molar-refractivity contribution in [3.05, 3.63) is 24.3 Å². The lowest BCUT2D eigenvalue weighted by Gasteiger charge is -2.18. The summed E-state index contributed by atoms with van der Waals surface area (Å²) in [5, 5.41) is 3.43. The molecule has 1 aliphatic heterocycles. The third kappa shape index (κ3) is 2.50. The number of carbonyl (C=O) groups is 1. The fourth-order valence-electron chi connectivity index (χ4n) is 2.74. The van der Waals surface area contributed by atoms with Crippen LogP contribution in [0, 0.1) is 0 Å². The number of anilines is 1. The van der Waals surface area contributed by atoms with Gasteiger partial charge in [0.25, 0.3) is 5.91 Å². The molecule has 1 heterocycles. The van der Waals surface area contributed by atoms with Gasteiger partial charge in [-0.15, -0.1) is 0 Å². The Morgan fingerprint density at radius 1 is 1.35 bits per heavy atom. The summed E-state index contributed by atoms with van der Waals surface area (Å²) in [6, 6.07) is 7.34. The largest absolute Gasteiger partial charge is 0.490 e. The van der Waals surface area contributed by atoms with E-state index < -0.39 is 0 Å². The van der Waals surface area contributed by atoms with Crippen LogP contribution in [0.1, 0.15) is 32.6 Å². The third-order valence-electron chi connectivity index (χ3n) is 3.81. The maximum atomic E-state index is 12.1. The first-order valence-electron chi connectivity index (χ1n) is 7.06. The lowest BCUT2D eigenvalue weighted by Crippen LogP contribution is -2.30. The topological polar surface area (TPSA) is 41.6 Å². The molecule has 0 unspecified atom stereocenters. The first-order chi connectivity index (χ1) is 9.65. The highest BCUT2D eigenvalue weighted by Crippen LogP contribution is 2.28. The average molecular weight is 290 g/mol. The number of nitrogens with zero attached hydrogens (tertiary/aromatic N) is 1. The molecule has 2 fully saturated rings. The number of thiocarbonyl (C=S) groups is 1. The predicted molar refractivity (Wildman–Crippen MR) is 82.0 cm³/mol. The van der Waals surface area contributed by atoms with Crippen molar-refractivity contribution in [1.82, 2.24) is 5.32 Å². The molecule has 3 rings (SSSR count). The van der Waals surface area contributed by atoms with Gasteiger partial charge in [-0.2, -0.15) is 0 Å². The van der Waals surface area contributed by atoms with Gasteiger partial charge in [0.15, 0.2) is 5.11 Å². The Morgan fingerprint density at radius 2 is 2.10 bits per heavy atom. The van der Waals surface area contributed by atoms with E-state index in [-0.39, 0.29) is 11.9 Å². The van der Waals surface area contributed by atoms with Gasteiger partial charge in [-0.3, -0.25) is 9.69 Å². The quantitative estimate of drug-likeness (QED) is 0.869. The zero-order chi connectivity index (χ0) is 14.1. The fourth-order valence-corrected chi connectivity index (χ4v) is 3.12. The molecule has 5 heteroatoms. The minimum Gasteiger partial charge on any atom is -0.490 e. The van der Waals surface area contributed by atoms with Crippen LogP contribution in [0.2, 0.25) is 0 Å². The van der Waals surface area contributed by atoms with Crippen LogP contribution in [0.5, 0.6) is 5.75 Å². The maximum absolute atomic E-state index is 12.1. The lowest BCUT2D eigenvalue weighted by molar-refractivity contribution is -0.117. The van der Waals surface area contributed by atoms with Crippen molar-refractivity contribution in [2.75, 3.05) is 4.90 Å². The number of ether oxygens (including phenoxy) is 1. The van der Waals surface area contributed by atoms with Crippen LogP contribution in [0.4, 0.5) is 5.69 Å². The lowest BCUT2D eigenvalue weighted by atomic mass is 10.2. The molecule has 1 saturated carbocycles. The Balaban J connectivity index is 1.80. The van der Waals surface area contributed by atoms with E-state index >= 15 is 0 Å². The zero-order valence-electron chi connectivity index (χ0n) is 11.5. The molecule has 1 N–H and O–H groups in total. The second kappa shape index (κ2) is 5.40. The van der Waals surface area contributed by atoms with Gasteiger partial charge < -0.3 is 10.1 Å². The van der Waals surface area contributed by atoms with E-state index in [1.165, 1.54) is 12.8 Å². The number of benzene rings is 1. The molecule has 0 spiro atoms. The SMILES string of the molecule is C[C@@H]1NC(=S)N(c2cccc(OC3CCCC3)c2)C1=O. The van der Waals surface area contributed by atoms with Crippen LogP contribution < -0.4 is 15.0 Å². The third-order valence-corrected chi connectivity index (χ3v) is 4.12. The number of hydrogen-bond donors (Lipinski definition) is 1. The molecule has 1 aliphatic carbocycles. The molecule has 1 aromatic rings. The van der Waals surface area contributed by atoms with Gasteiger partial charge in [0.1, 0.15) is 11.8 Å². The molecule has 1 amide bonds. The average Bonchev–Trinajstić information content (AvgIpc) is 3.00. The smallest absolute Gasteiger partial charge is 0.255 e. The monoisotopic (exact) mass is 290 g/mol. The van der Waals surface area contributed by atoms with E-state index in [1.807, 2.05) is 31.2 Å². The molecular weight excluding hydrogens is 272 g/mol. The number of carbonyl (C=O) groups excluding carboxylic acids is 1. The zero-order valence-corrected chi connectivity index (χ0v) is 12.3. The molecule has 0 radical (unpaired) electrons. The highest BCUT2D eigenvalue weighted by Gasteiger charge is 2.33. The summed E-state index contributed by atoms with van der Waals surface area (Å²) in [5.41, 5.74) is 0.771. The van der Waals surface area contributed by atoms with E-state index in [9.17, 15) is 4.79 Å². The van der Waals surface area contributed by atoms with Gasteiger partial charge in [0.05, 0.1) is 11.8 Å². The van der Waals surface area contributed by atoms with Crippen molar-refractivity contribution in [2.24, 2.45) is 0 Å². The Kier molecular flexibility index (Phi) is 3.61. The van der Waals surface area contributed by atoms with Gasteiger partial charge >= 0.3 is 0 Å². The van der Waals surface area contributed by atoms with Crippen molar-refractivity contribution in [2.45, 2.75) is 44.8 Å². The van der Waals surface area contributed by atoms with Crippen molar-refractivity contribution < 1.29 is 9.53 Å². The van der Waals surface area contributed by atoms with Gasteiger partial charge in [-0.1, -0.05) is 6.07 Å². The van der Waals surface area contributed by atoms with Gasteiger partial charge in [-0.05, 0) is 57.0 Å². The second-order valence-corrected chi connectivity index (χ2v) is 5.75. The highest BCUT2D eigenvalue weighted by atomic mass is 32.1. The summed E-state index contributed by atoms with van der Waals surface area (Å²) in [7, 11) is 0. The van der Waals surface area contributed by atoms with Crippen LogP contribution in [0.3, 0.4) is 0 Å². The van der Waals surface area contributed by atoms with Gasteiger partial charge in [0, 0.05) is 6.07 Å². The summed E-state index contributed by atoms with van der Waals surface area (Å²) >= 11 is 5.22.